The van der Waals surface area contributed by atoms with E-state index in [1.54, 1.807) is 0 Å². The molecule has 1 aliphatic heterocycles. The minimum atomic E-state index is -4.07. The Balaban J connectivity index is 1.99. The lowest BCUT2D eigenvalue weighted by atomic mass is 10.0. The fourth-order valence-electron chi connectivity index (χ4n) is 2.99. The lowest BCUT2D eigenvalue weighted by Crippen LogP contribution is -2.19. The lowest BCUT2D eigenvalue weighted by molar-refractivity contribution is -0.126. The van der Waals surface area contributed by atoms with Crippen molar-refractivity contribution in [3.63, 3.8) is 0 Å². The van der Waals surface area contributed by atoms with Gasteiger partial charge >= 0.3 is 6.18 Å². The van der Waals surface area contributed by atoms with Crippen molar-refractivity contribution < 1.29 is 13.2 Å². The van der Waals surface area contributed by atoms with Crippen LogP contribution < -0.4 is 5.32 Å². The molecule has 0 saturated heterocycles. The van der Waals surface area contributed by atoms with Crippen LogP contribution in [0, 0.1) is 0 Å². The van der Waals surface area contributed by atoms with Gasteiger partial charge < -0.3 is 5.32 Å². The van der Waals surface area contributed by atoms with Gasteiger partial charge in [0.05, 0.1) is 6.42 Å². The molecule has 2 heterocycles. The first-order valence-electron chi connectivity index (χ1n) is 5.95. The zero-order valence-electron chi connectivity index (χ0n) is 9.36. The van der Waals surface area contributed by atoms with Crippen LogP contribution in [0.1, 0.15) is 33.2 Å². The molecule has 0 fully saturated rings. The Morgan fingerprint density at radius 3 is 2.88 bits per heavy atom. The van der Waals surface area contributed by atoms with E-state index in [-0.39, 0.29) is 0 Å². The molecule has 5 heteroatoms. The second kappa shape index (κ2) is 3.99. The largest absolute Gasteiger partial charge is 0.393 e. The molecule has 0 amide bonds. The zero-order chi connectivity index (χ0) is 12.0. The van der Waals surface area contributed by atoms with Crippen molar-refractivity contribution in [2.24, 2.45) is 0 Å². The van der Waals surface area contributed by atoms with Crippen LogP contribution in [0.4, 0.5) is 13.2 Å². The van der Waals surface area contributed by atoms with E-state index < -0.39 is 12.6 Å². The Kier molecular flexibility index (Phi) is 2.70. The van der Waals surface area contributed by atoms with Gasteiger partial charge in [-0.3, -0.25) is 0 Å². The third-order valence-electron chi connectivity index (χ3n) is 3.64. The Labute approximate surface area is 102 Å². The molecule has 0 spiro atoms. The first kappa shape index (κ1) is 11.5. The molecule has 0 radical (unpaired) electrons. The summed E-state index contributed by atoms with van der Waals surface area (Å²) < 4.78 is 37.5. The molecule has 3 rings (SSSR count). The molecule has 1 aliphatic carbocycles. The van der Waals surface area contributed by atoms with Gasteiger partial charge in [-0.2, -0.15) is 13.2 Å². The van der Waals surface area contributed by atoms with E-state index in [0.717, 1.165) is 37.9 Å². The van der Waals surface area contributed by atoms with Crippen molar-refractivity contribution in [3.05, 3.63) is 20.9 Å². The second-order valence-corrected chi connectivity index (χ2v) is 6.01. The van der Waals surface area contributed by atoms with Crippen molar-refractivity contribution in [1.82, 2.24) is 5.32 Å². The number of thiophene rings is 1. The van der Waals surface area contributed by atoms with Gasteiger partial charge in [-0.25, -0.2) is 0 Å². The van der Waals surface area contributed by atoms with E-state index in [1.165, 1.54) is 21.8 Å². The Bertz CT molecular complexity index is 436. The summed E-state index contributed by atoms with van der Waals surface area (Å²) >= 11 is 1.40. The molecule has 2 aliphatic rings. The molecule has 94 valence electrons. The first-order chi connectivity index (χ1) is 8.04. The number of halogens is 3. The molecular formula is C12H14F3NS. The van der Waals surface area contributed by atoms with Crippen LogP contribution in [-0.2, 0) is 19.3 Å². The topological polar surface area (TPSA) is 12.0 Å². The fourth-order valence-corrected chi connectivity index (χ4v) is 4.46. The van der Waals surface area contributed by atoms with Gasteiger partial charge in [-0.05, 0) is 42.9 Å². The summed E-state index contributed by atoms with van der Waals surface area (Å²) in [6.07, 6.45) is -2.06. The van der Waals surface area contributed by atoms with E-state index >= 15 is 0 Å². The lowest BCUT2D eigenvalue weighted by Gasteiger charge is -2.07. The van der Waals surface area contributed by atoms with E-state index in [0.29, 0.717) is 10.8 Å². The van der Waals surface area contributed by atoms with Gasteiger partial charge in [0.25, 0.3) is 0 Å². The summed E-state index contributed by atoms with van der Waals surface area (Å²) in [4.78, 5) is 1.78. The SMILES string of the molecule is FC(F)(F)Cc1sc2c3c1CCC3CNCC2. The zero-order valence-corrected chi connectivity index (χ0v) is 10.2. The number of hydrogen-bond acceptors (Lipinski definition) is 2. The molecular weight excluding hydrogens is 247 g/mol. The van der Waals surface area contributed by atoms with Crippen molar-refractivity contribution in [1.29, 1.82) is 0 Å². The smallest absolute Gasteiger partial charge is 0.316 e. The predicted octanol–water partition coefficient (Wildman–Crippen LogP) is 3.03. The highest BCUT2D eigenvalue weighted by Gasteiger charge is 2.36. The van der Waals surface area contributed by atoms with Crippen molar-refractivity contribution >= 4 is 11.3 Å². The monoisotopic (exact) mass is 261 g/mol. The predicted molar refractivity (Wildman–Crippen MR) is 61.7 cm³/mol. The molecule has 0 aromatic carbocycles. The summed E-state index contributed by atoms with van der Waals surface area (Å²) in [5.41, 5.74) is 2.29. The van der Waals surface area contributed by atoms with Crippen LogP contribution in [0.3, 0.4) is 0 Å². The highest BCUT2D eigenvalue weighted by atomic mass is 32.1. The van der Waals surface area contributed by atoms with E-state index in [1.807, 2.05) is 0 Å². The first-order valence-corrected chi connectivity index (χ1v) is 6.77. The van der Waals surface area contributed by atoms with Gasteiger partial charge in [0, 0.05) is 16.3 Å². The van der Waals surface area contributed by atoms with Gasteiger partial charge in [0.1, 0.15) is 0 Å². The van der Waals surface area contributed by atoms with Gasteiger partial charge in [-0.1, -0.05) is 0 Å². The fraction of sp³-hybridized carbons (Fsp3) is 0.667. The average Bonchev–Trinajstić information content (AvgIpc) is 2.69. The van der Waals surface area contributed by atoms with Crippen molar-refractivity contribution in [2.75, 3.05) is 13.1 Å². The maximum atomic E-state index is 12.5. The summed E-state index contributed by atoms with van der Waals surface area (Å²) in [7, 11) is 0. The molecule has 1 aromatic rings. The van der Waals surface area contributed by atoms with Crippen LogP contribution in [0.2, 0.25) is 0 Å². The molecule has 1 aromatic heterocycles. The average molecular weight is 261 g/mol. The molecule has 17 heavy (non-hydrogen) atoms. The van der Waals surface area contributed by atoms with Crippen LogP contribution >= 0.6 is 11.3 Å². The normalized spacial score (nSPS) is 23.6. The van der Waals surface area contributed by atoms with Crippen LogP contribution in [0.5, 0.6) is 0 Å². The van der Waals surface area contributed by atoms with Gasteiger partial charge in [0.15, 0.2) is 0 Å². The number of rotatable bonds is 1. The third-order valence-corrected chi connectivity index (χ3v) is 4.95. The van der Waals surface area contributed by atoms with Gasteiger partial charge in [-0.15, -0.1) is 11.3 Å². The molecule has 1 atom stereocenters. The third kappa shape index (κ3) is 2.10. The van der Waals surface area contributed by atoms with E-state index in [2.05, 4.69) is 5.32 Å². The number of nitrogens with one attached hydrogen (secondary N) is 1. The second-order valence-electron chi connectivity index (χ2n) is 4.82. The minimum Gasteiger partial charge on any atom is -0.316 e. The highest BCUT2D eigenvalue weighted by Crippen LogP contribution is 2.44. The van der Waals surface area contributed by atoms with E-state index in [9.17, 15) is 13.2 Å². The summed E-state index contributed by atoms with van der Waals surface area (Å²) in [5.74, 6) is 0.459. The minimum absolute atomic E-state index is 0.459. The Morgan fingerprint density at radius 2 is 2.12 bits per heavy atom. The number of hydrogen-bond donors (Lipinski definition) is 1. The molecule has 1 unspecified atom stereocenters. The maximum absolute atomic E-state index is 12.5. The summed E-state index contributed by atoms with van der Waals surface area (Å²) in [5, 5.41) is 3.37. The van der Waals surface area contributed by atoms with Crippen molar-refractivity contribution in [2.45, 2.75) is 37.8 Å². The van der Waals surface area contributed by atoms with Crippen molar-refractivity contribution in [3.8, 4) is 0 Å². The van der Waals surface area contributed by atoms with Crippen LogP contribution in [0.15, 0.2) is 0 Å². The molecule has 0 bridgehead atoms. The Hall–Kier alpha value is -0.550. The van der Waals surface area contributed by atoms with Gasteiger partial charge in [0.2, 0.25) is 0 Å². The molecule has 1 nitrogen and oxygen atoms in total. The standard InChI is InChI=1S/C12H14F3NS/c13-12(14,15)5-10-8-2-1-7-6-16-4-3-9(17-10)11(7)8/h7,16H,1-6H2. The number of alkyl halides is 3. The Morgan fingerprint density at radius 1 is 1.29 bits per heavy atom. The summed E-state index contributed by atoms with van der Waals surface area (Å²) in [6.45, 7) is 1.83. The van der Waals surface area contributed by atoms with Crippen LogP contribution in [0.25, 0.3) is 0 Å². The van der Waals surface area contributed by atoms with Crippen LogP contribution in [-0.4, -0.2) is 19.3 Å². The molecule has 0 saturated carbocycles. The maximum Gasteiger partial charge on any atom is 0.393 e. The summed E-state index contributed by atoms with van der Waals surface area (Å²) in [6, 6.07) is 0. The van der Waals surface area contributed by atoms with E-state index in [4.69, 9.17) is 0 Å². The molecule has 1 N–H and O–H groups in total. The highest BCUT2D eigenvalue weighted by molar-refractivity contribution is 7.12. The quantitative estimate of drug-likeness (QED) is 0.819.